The Balaban J connectivity index is 1.56. The third-order valence-corrected chi connectivity index (χ3v) is 6.72. The van der Waals surface area contributed by atoms with Gasteiger partial charge in [0.05, 0.1) is 11.4 Å². The topological polar surface area (TPSA) is 80.9 Å². The van der Waals surface area contributed by atoms with Gasteiger partial charge < -0.3 is 5.73 Å². The van der Waals surface area contributed by atoms with Gasteiger partial charge >= 0.3 is 0 Å². The smallest absolute Gasteiger partial charge is 0.269 e. The van der Waals surface area contributed by atoms with Crippen LogP contribution in [0.4, 0.5) is 10.8 Å². The Morgan fingerprint density at radius 2 is 2.03 bits per heavy atom. The van der Waals surface area contributed by atoms with E-state index >= 15 is 0 Å². The molecular weight excluding hydrogens is 424 g/mol. The number of thiazole rings is 1. The predicted octanol–water partition coefficient (Wildman–Crippen LogP) is 6.25. The fourth-order valence-electron chi connectivity index (χ4n) is 2.98. The number of carbonyl (C=O) groups is 1. The number of nitrogens with zero attached hydrogens (tertiary/aromatic N) is 2. The average Bonchev–Trinajstić information content (AvgIpc) is 3.31. The number of benzene rings is 1. The molecule has 0 bridgehead atoms. The molecule has 0 aliphatic heterocycles. The van der Waals surface area contributed by atoms with Gasteiger partial charge in [-0.1, -0.05) is 43.1 Å². The molecule has 0 radical (unpaired) electrons. The lowest BCUT2D eigenvalue weighted by atomic mass is 10.1. The minimum atomic E-state index is -0.277. The average molecular weight is 443 g/mol. The normalized spacial score (nSPS) is 11.1. The van der Waals surface area contributed by atoms with Crippen molar-refractivity contribution in [2.45, 2.75) is 26.2 Å². The highest BCUT2D eigenvalue weighted by molar-refractivity contribution is 7.21. The molecule has 0 saturated carbocycles. The van der Waals surface area contributed by atoms with Crippen LogP contribution >= 0.6 is 34.3 Å². The molecule has 1 aromatic carbocycles. The zero-order valence-corrected chi connectivity index (χ0v) is 18.1. The Labute approximate surface area is 181 Å². The number of thiophene rings is 1. The van der Waals surface area contributed by atoms with E-state index in [4.69, 9.17) is 17.3 Å². The first-order valence-electron chi connectivity index (χ1n) is 9.26. The molecule has 4 aromatic rings. The molecule has 8 heteroatoms. The van der Waals surface area contributed by atoms with E-state index in [0.717, 1.165) is 46.4 Å². The number of nitrogens with one attached hydrogen (secondary N) is 1. The standard InChI is InChI=1S/C21H19ClN4OS2/c1-2-3-6-12-9-10-14-17(23)18(29-20(14)24-12)19(27)26-21-25-16(11-28-21)13-7-4-5-8-15(13)22/h4-5,7-11H,2-3,6,23H2,1H3,(H,25,26,27). The molecule has 3 N–H and O–H groups in total. The second kappa shape index (κ2) is 8.49. The van der Waals surface area contributed by atoms with Crippen LogP contribution in [0.1, 0.15) is 35.1 Å². The summed E-state index contributed by atoms with van der Waals surface area (Å²) in [6, 6.07) is 11.4. The Morgan fingerprint density at radius 1 is 1.21 bits per heavy atom. The van der Waals surface area contributed by atoms with Gasteiger partial charge in [0.25, 0.3) is 5.91 Å². The van der Waals surface area contributed by atoms with Crippen LogP contribution in [0, 0.1) is 0 Å². The molecule has 0 atom stereocenters. The molecule has 29 heavy (non-hydrogen) atoms. The number of nitrogen functional groups attached to an aromatic ring is 1. The summed E-state index contributed by atoms with van der Waals surface area (Å²) in [6.45, 7) is 2.15. The summed E-state index contributed by atoms with van der Waals surface area (Å²) in [7, 11) is 0. The Morgan fingerprint density at radius 3 is 2.83 bits per heavy atom. The molecule has 0 saturated heterocycles. The van der Waals surface area contributed by atoms with Crippen LogP contribution in [0.15, 0.2) is 41.8 Å². The van der Waals surface area contributed by atoms with Crippen molar-refractivity contribution < 1.29 is 4.79 Å². The molecule has 0 aliphatic carbocycles. The minimum absolute atomic E-state index is 0.277. The monoisotopic (exact) mass is 442 g/mol. The molecule has 4 rings (SSSR count). The van der Waals surface area contributed by atoms with Gasteiger partial charge in [0, 0.05) is 27.0 Å². The van der Waals surface area contributed by atoms with Crippen molar-refractivity contribution in [3.63, 3.8) is 0 Å². The van der Waals surface area contributed by atoms with E-state index in [1.165, 1.54) is 22.7 Å². The van der Waals surface area contributed by atoms with Gasteiger partial charge in [-0.3, -0.25) is 10.1 Å². The molecule has 0 aliphatic rings. The van der Waals surface area contributed by atoms with Crippen LogP contribution in [0.3, 0.4) is 0 Å². The second-order valence-corrected chi connectivity index (χ2v) is 8.84. The number of hydrogen-bond donors (Lipinski definition) is 2. The number of amides is 1. The third kappa shape index (κ3) is 4.12. The fraction of sp³-hybridized carbons (Fsp3) is 0.190. The first kappa shape index (κ1) is 19.8. The largest absolute Gasteiger partial charge is 0.397 e. The third-order valence-electron chi connectivity index (χ3n) is 4.52. The number of carbonyl (C=O) groups excluding carboxylic acids is 1. The summed E-state index contributed by atoms with van der Waals surface area (Å²) in [5.74, 6) is -0.277. The predicted molar refractivity (Wildman–Crippen MR) is 123 cm³/mol. The molecule has 0 spiro atoms. The number of unbranched alkanes of at least 4 members (excludes halogenated alkanes) is 1. The number of fused-ring (bicyclic) bond motifs is 1. The highest BCUT2D eigenvalue weighted by atomic mass is 35.5. The summed E-state index contributed by atoms with van der Waals surface area (Å²) in [5.41, 5.74) is 9.27. The van der Waals surface area contributed by atoms with E-state index in [0.29, 0.717) is 20.7 Å². The summed E-state index contributed by atoms with van der Waals surface area (Å²) in [4.78, 5) is 23.2. The van der Waals surface area contributed by atoms with Crippen LogP contribution in [-0.2, 0) is 6.42 Å². The van der Waals surface area contributed by atoms with Gasteiger partial charge in [-0.15, -0.1) is 22.7 Å². The summed E-state index contributed by atoms with van der Waals surface area (Å²) in [5, 5.41) is 6.65. The molecule has 3 heterocycles. The van der Waals surface area contributed by atoms with Crippen molar-refractivity contribution in [1.29, 1.82) is 0 Å². The lowest BCUT2D eigenvalue weighted by molar-refractivity contribution is 0.103. The van der Waals surface area contributed by atoms with Gasteiger partial charge in [0.2, 0.25) is 0 Å². The van der Waals surface area contributed by atoms with Crippen molar-refractivity contribution in [3.05, 3.63) is 57.4 Å². The maximum absolute atomic E-state index is 12.8. The van der Waals surface area contributed by atoms with Crippen LogP contribution in [0.25, 0.3) is 21.5 Å². The van der Waals surface area contributed by atoms with E-state index in [2.05, 4.69) is 22.2 Å². The fourth-order valence-corrected chi connectivity index (χ4v) is 4.92. The molecule has 5 nitrogen and oxygen atoms in total. The van der Waals surface area contributed by atoms with E-state index in [1.807, 2.05) is 41.8 Å². The number of anilines is 2. The maximum atomic E-state index is 12.8. The second-order valence-electron chi connectivity index (χ2n) is 6.58. The van der Waals surface area contributed by atoms with E-state index < -0.39 is 0 Å². The quantitative estimate of drug-likeness (QED) is 0.369. The van der Waals surface area contributed by atoms with Gasteiger partial charge in [-0.2, -0.15) is 0 Å². The van der Waals surface area contributed by atoms with E-state index in [1.54, 1.807) is 0 Å². The van der Waals surface area contributed by atoms with Gasteiger partial charge in [-0.25, -0.2) is 9.97 Å². The lowest BCUT2D eigenvalue weighted by Gasteiger charge is -2.01. The highest BCUT2D eigenvalue weighted by Crippen LogP contribution is 2.34. The number of halogens is 1. The van der Waals surface area contributed by atoms with Crippen molar-refractivity contribution in [2.24, 2.45) is 0 Å². The van der Waals surface area contributed by atoms with Crippen molar-refractivity contribution >= 4 is 61.2 Å². The van der Waals surface area contributed by atoms with E-state index in [-0.39, 0.29) is 5.91 Å². The number of pyridine rings is 1. The number of hydrogen-bond acceptors (Lipinski definition) is 6. The molecule has 148 valence electrons. The zero-order chi connectivity index (χ0) is 20.4. The number of aryl methyl sites for hydroxylation is 1. The first-order chi connectivity index (χ1) is 14.1. The maximum Gasteiger partial charge on any atom is 0.269 e. The Bertz CT molecular complexity index is 1180. The summed E-state index contributed by atoms with van der Waals surface area (Å²) < 4.78 is 0. The summed E-state index contributed by atoms with van der Waals surface area (Å²) in [6.07, 6.45) is 3.13. The van der Waals surface area contributed by atoms with Crippen molar-refractivity contribution in [1.82, 2.24) is 9.97 Å². The molecule has 0 unspecified atom stereocenters. The van der Waals surface area contributed by atoms with Gasteiger partial charge in [0.1, 0.15) is 9.71 Å². The lowest BCUT2D eigenvalue weighted by Crippen LogP contribution is -2.11. The SMILES string of the molecule is CCCCc1ccc2c(N)c(C(=O)Nc3nc(-c4ccccc4Cl)cs3)sc2n1. The molecule has 3 aromatic heterocycles. The van der Waals surface area contributed by atoms with Crippen LogP contribution in [0.2, 0.25) is 5.02 Å². The molecule has 1 amide bonds. The van der Waals surface area contributed by atoms with Crippen LogP contribution in [-0.4, -0.2) is 15.9 Å². The highest BCUT2D eigenvalue weighted by Gasteiger charge is 2.19. The summed E-state index contributed by atoms with van der Waals surface area (Å²) >= 11 is 8.89. The van der Waals surface area contributed by atoms with Crippen LogP contribution < -0.4 is 11.1 Å². The zero-order valence-electron chi connectivity index (χ0n) is 15.7. The van der Waals surface area contributed by atoms with Crippen molar-refractivity contribution in [3.8, 4) is 11.3 Å². The Hall–Kier alpha value is -2.48. The van der Waals surface area contributed by atoms with E-state index in [9.17, 15) is 4.79 Å². The van der Waals surface area contributed by atoms with Gasteiger partial charge in [-0.05, 0) is 31.0 Å². The molecule has 0 fully saturated rings. The van der Waals surface area contributed by atoms with Crippen LogP contribution in [0.5, 0.6) is 0 Å². The number of nitrogens with two attached hydrogens (primary N) is 1. The first-order valence-corrected chi connectivity index (χ1v) is 11.3. The number of rotatable bonds is 6. The Kier molecular flexibility index (Phi) is 5.80. The molecular formula is C21H19ClN4OS2. The minimum Gasteiger partial charge on any atom is -0.397 e. The van der Waals surface area contributed by atoms with Gasteiger partial charge in [0.15, 0.2) is 5.13 Å². The number of aromatic nitrogens is 2. The van der Waals surface area contributed by atoms with Crippen molar-refractivity contribution in [2.75, 3.05) is 11.1 Å².